The zero-order valence-electron chi connectivity index (χ0n) is 16.8. The summed E-state index contributed by atoms with van der Waals surface area (Å²) in [6, 6.07) is 6.57. The van der Waals surface area contributed by atoms with Crippen molar-refractivity contribution in [2.75, 3.05) is 7.11 Å². The molecule has 1 aromatic carbocycles. The van der Waals surface area contributed by atoms with Crippen LogP contribution in [0.1, 0.15) is 24.2 Å². The number of aliphatic imine (C=N–C) groups is 1. The van der Waals surface area contributed by atoms with E-state index in [0.717, 1.165) is 5.57 Å². The molecular weight excluding hydrogens is 384 g/mol. The van der Waals surface area contributed by atoms with E-state index in [2.05, 4.69) is 10.3 Å². The maximum Gasteiger partial charge on any atom is 0.349 e. The summed E-state index contributed by atoms with van der Waals surface area (Å²) in [5.74, 6) is -0.372. The van der Waals surface area contributed by atoms with Gasteiger partial charge in [-0.3, -0.25) is 9.59 Å². The molecular formula is C23H20N2O5. The Morgan fingerprint density at radius 2 is 2.03 bits per heavy atom. The van der Waals surface area contributed by atoms with Crippen LogP contribution in [0.3, 0.4) is 0 Å². The Balaban J connectivity index is 1.69. The van der Waals surface area contributed by atoms with Crippen LogP contribution in [0.2, 0.25) is 0 Å². The molecule has 1 N–H and O–H groups in total. The van der Waals surface area contributed by atoms with E-state index in [1.54, 1.807) is 36.4 Å². The van der Waals surface area contributed by atoms with E-state index in [9.17, 15) is 14.4 Å². The zero-order valence-corrected chi connectivity index (χ0v) is 16.8. The molecule has 7 nitrogen and oxygen atoms in total. The quantitative estimate of drug-likeness (QED) is 0.793. The standard InChI is InChI=1S/C23H20N2O5/c1-12(2)16-11-20(26)25-18-10-14(7-8-15(16)18)24-22(27)17-9-13-5-4-6-19(29-3)21(13)30-23(17)28/h4-12,15H,1-3H3,(H,25,26). The van der Waals surface area contributed by atoms with Crippen LogP contribution in [0, 0.1) is 11.8 Å². The van der Waals surface area contributed by atoms with E-state index in [4.69, 9.17) is 9.15 Å². The number of rotatable bonds is 3. The number of allylic oxidation sites excluding steroid dienone is 3. The number of carbonyl (C=O) groups is 2. The van der Waals surface area contributed by atoms with Crippen LogP contribution in [0.4, 0.5) is 0 Å². The third-order valence-corrected chi connectivity index (χ3v) is 5.09. The normalized spacial score (nSPS) is 19.4. The molecule has 0 spiro atoms. The number of fused-ring (bicyclic) bond motifs is 2. The summed E-state index contributed by atoms with van der Waals surface area (Å²) in [4.78, 5) is 41.1. The van der Waals surface area contributed by atoms with Gasteiger partial charge >= 0.3 is 5.63 Å². The maximum absolute atomic E-state index is 12.7. The monoisotopic (exact) mass is 404 g/mol. The number of methoxy groups -OCH3 is 1. The molecule has 1 aliphatic heterocycles. The molecule has 0 radical (unpaired) electrons. The first-order valence-corrected chi connectivity index (χ1v) is 9.53. The predicted octanol–water partition coefficient (Wildman–Crippen LogP) is 3.16. The Hall–Kier alpha value is -3.74. The van der Waals surface area contributed by atoms with Crippen molar-refractivity contribution >= 4 is 28.5 Å². The largest absolute Gasteiger partial charge is 0.493 e. The Kier molecular flexibility index (Phi) is 4.95. The van der Waals surface area contributed by atoms with Gasteiger partial charge in [0.05, 0.1) is 12.8 Å². The number of nitrogens with one attached hydrogen (secondary N) is 1. The first kappa shape index (κ1) is 19.6. The molecule has 0 saturated heterocycles. The minimum Gasteiger partial charge on any atom is -0.493 e. The second kappa shape index (κ2) is 7.59. The Bertz CT molecular complexity index is 1240. The molecule has 2 heterocycles. The number of nitrogens with zero attached hydrogens (tertiary/aromatic N) is 1. The van der Waals surface area contributed by atoms with E-state index in [1.165, 1.54) is 13.2 Å². The molecule has 0 bridgehead atoms. The Morgan fingerprint density at radius 3 is 2.77 bits per heavy atom. The number of carbonyl (C=O) groups excluding carboxylic acids is 2. The molecule has 152 valence electrons. The highest BCUT2D eigenvalue weighted by molar-refractivity contribution is 6.14. The summed E-state index contributed by atoms with van der Waals surface area (Å²) in [5, 5.41) is 3.36. The number of hydrogen-bond donors (Lipinski definition) is 1. The van der Waals surface area contributed by atoms with Crippen molar-refractivity contribution in [2.24, 2.45) is 16.8 Å². The summed E-state index contributed by atoms with van der Waals surface area (Å²) in [5.41, 5.74) is 1.32. The average molecular weight is 404 g/mol. The molecule has 2 aromatic rings. The zero-order chi connectivity index (χ0) is 21.4. The van der Waals surface area contributed by atoms with Crippen molar-refractivity contribution in [3.63, 3.8) is 0 Å². The van der Waals surface area contributed by atoms with Gasteiger partial charge in [0.2, 0.25) is 5.91 Å². The number of hydrogen-bond acceptors (Lipinski definition) is 5. The summed E-state index contributed by atoms with van der Waals surface area (Å²) >= 11 is 0. The molecule has 0 fully saturated rings. The van der Waals surface area contributed by atoms with Gasteiger partial charge in [-0.2, -0.15) is 0 Å². The minimum absolute atomic E-state index is 0.0602. The van der Waals surface area contributed by atoms with Crippen LogP contribution in [0.5, 0.6) is 5.75 Å². The summed E-state index contributed by atoms with van der Waals surface area (Å²) in [6.07, 6.45) is 6.87. The van der Waals surface area contributed by atoms with Crippen molar-refractivity contribution in [3.8, 4) is 5.75 Å². The van der Waals surface area contributed by atoms with Gasteiger partial charge in [-0.15, -0.1) is 0 Å². The third-order valence-electron chi connectivity index (χ3n) is 5.09. The SMILES string of the molecule is COc1cccc2cc(C(=O)N=C3C=CC4C(=C3)NC(=O)C=C4C(C)C)c(=O)oc12. The molecule has 4 rings (SSSR count). The van der Waals surface area contributed by atoms with Gasteiger partial charge in [0.25, 0.3) is 5.91 Å². The summed E-state index contributed by atoms with van der Waals surface area (Å²) in [7, 11) is 1.47. The third kappa shape index (κ3) is 3.50. The molecule has 0 saturated carbocycles. The van der Waals surface area contributed by atoms with Crippen LogP contribution in [0.15, 0.2) is 74.0 Å². The molecule has 7 heteroatoms. The smallest absolute Gasteiger partial charge is 0.349 e. The van der Waals surface area contributed by atoms with E-state index in [0.29, 0.717) is 22.5 Å². The fourth-order valence-electron chi connectivity index (χ4n) is 3.62. The highest BCUT2D eigenvalue weighted by Gasteiger charge is 2.28. The summed E-state index contributed by atoms with van der Waals surface area (Å²) < 4.78 is 10.5. The Morgan fingerprint density at radius 1 is 1.23 bits per heavy atom. The van der Waals surface area contributed by atoms with Gasteiger partial charge in [0.1, 0.15) is 5.56 Å². The van der Waals surface area contributed by atoms with Crippen molar-refractivity contribution in [3.05, 3.63) is 75.8 Å². The molecule has 2 aliphatic rings. The van der Waals surface area contributed by atoms with E-state index in [-0.39, 0.29) is 28.9 Å². The van der Waals surface area contributed by atoms with Crippen LogP contribution in [-0.2, 0) is 4.79 Å². The lowest BCUT2D eigenvalue weighted by Gasteiger charge is -2.29. The predicted molar refractivity (Wildman–Crippen MR) is 113 cm³/mol. The number of para-hydroxylation sites is 1. The van der Waals surface area contributed by atoms with Gasteiger partial charge in [-0.05, 0) is 35.8 Å². The van der Waals surface area contributed by atoms with Gasteiger partial charge in [0, 0.05) is 23.1 Å². The lowest BCUT2D eigenvalue weighted by Crippen LogP contribution is -2.34. The maximum atomic E-state index is 12.7. The lowest BCUT2D eigenvalue weighted by molar-refractivity contribution is -0.116. The van der Waals surface area contributed by atoms with Gasteiger partial charge in [-0.1, -0.05) is 32.1 Å². The fraction of sp³-hybridized carbons (Fsp3) is 0.217. The second-order valence-corrected chi connectivity index (χ2v) is 7.39. The highest BCUT2D eigenvalue weighted by Crippen LogP contribution is 2.31. The minimum atomic E-state index is -0.789. The summed E-state index contributed by atoms with van der Waals surface area (Å²) in [6.45, 7) is 4.05. The van der Waals surface area contributed by atoms with Gasteiger partial charge in [-0.25, -0.2) is 9.79 Å². The first-order chi connectivity index (χ1) is 14.4. The highest BCUT2D eigenvalue weighted by atomic mass is 16.5. The molecule has 1 atom stereocenters. The van der Waals surface area contributed by atoms with E-state index >= 15 is 0 Å². The van der Waals surface area contributed by atoms with Crippen LogP contribution in [0.25, 0.3) is 11.0 Å². The second-order valence-electron chi connectivity index (χ2n) is 7.39. The number of ether oxygens (including phenoxy) is 1. The molecule has 1 unspecified atom stereocenters. The van der Waals surface area contributed by atoms with Crippen LogP contribution >= 0.6 is 0 Å². The van der Waals surface area contributed by atoms with E-state index in [1.807, 2.05) is 19.9 Å². The number of amides is 2. The van der Waals surface area contributed by atoms with E-state index < -0.39 is 11.5 Å². The van der Waals surface area contributed by atoms with Crippen LogP contribution in [-0.4, -0.2) is 24.6 Å². The van der Waals surface area contributed by atoms with Crippen molar-refractivity contribution < 1.29 is 18.7 Å². The topological polar surface area (TPSA) is 98.0 Å². The lowest BCUT2D eigenvalue weighted by atomic mass is 9.82. The fourth-order valence-corrected chi connectivity index (χ4v) is 3.62. The van der Waals surface area contributed by atoms with Crippen molar-refractivity contribution in [1.29, 1.82) is 0 Å². The van der Waals surface area contributed by atoms with Crippen molar-refractivity contribution in [1.82, 2.24) is 5.32 Å². The van der Waals surface area contributed by atoms with Gasteiger partial charge < -0.3 is 14.5 Å². The van der Waals surface area contributed by atoms with Crippen molar-refractivity contribution in [2.45, 2.75) is 13.8 Å². The molecule has 2 amide bonds. The number of benzene rings is 1. The molecule has 30 heavy (non-hydrogen) atoms. The first-order valence-electron chi connectivity index (χ1n) is 9.53. The van der Waals surface area contributed by atoms with Crippen LogP contribution < -0.4 is 15.7 Å². The Labute approximate surface area is 172 Å². The molecule has 1 aliphatic carbocycles. The molecule has 1 aromatic heterocycles. The van der Waals surface area contributed by atoms with Gasteiger partial charge in [0.15, 0.2) is 11.3 Å². The average Bonchev–Trinajstić information content (AvgIpc) is 2.71.